The van der Waals surface area contributed by atoms with Gasteiger partial charge in [-0.1, -0.05) is 94.3 Å². The molecule has 1 heterocycles. The molecule has 1 aliphatic rings. The second-order valence-electron chi connectivity index (χ2n) is 18.4. The number of nitrogens with one attached hydrogen (secondary N) is 4. The largest absolute Gasteiger partial charge is 0.481 e. The van der Waals surface area contributed by atoms with E-state index in [0.29, 0.717) is 55.2 Å². The Labute approximate surface area is 401 Å². The third-order valence-electron chi connectivity index (χ3n) is 11.3. The molecule has 1 aliphatic heterocycles. The fraction of sp³-hybridized carbons (Fsp3) is 0.510. The predicted octanol–water partition coefficient (Wildman–Crippen LogP) is 3.58. The Morgan fingerprint density at radius 2 is 1.29 bits per heavy atom. The third-order valence-corrected chi connectivity index (χ3v) is 12.9. The van der Waals surface area contributed by atoms with E-state index in [0.717, 1.165) is 12.5 Å². The van der Waals surface area contributed by atoms with Crippen molar-refractivity contribution in [3.63, 3.8) is 0 Å². The average Bonchev–Trinajstić information content (AvgIpc) is 3.28. The molecule has 0 radical (unpaired) electrons. The molecule has 1 saturated heterocycles. The Bertz CT molecular complexity index is 2290. The van der Waals surface area contributed by atoms with Crippen molar-refractivity contribution in [3.8, 4) is 18.1 Å². The molecule has 5 N–H and O–H groups in total. The number of amides is 4. The summed E-state index contributed by atoms with van der Waals surface area (Å²) in [6.07, 6.45) is 6.23. The lowest BCUT2D eigenvalue weighted by molar-refractivity contribution is -0.143. The summed E-state index contributed by atoms with van der Waals surface area (Å²) >= 11 is 0. The minimum atomic E-state index is -4.52. The smallest absolute Gasteiger partial charge is 0.297 e. The van der Waals surface area contributed by atoms with Crippen LogP contribution >= 0.6 is 0 Å². The van der Waals surface area contributed by atoms with Crippen molar-refractivity contribution in [3.05, 3.63) is 95.1 Å². The number of ketones is 1. The number of carbonyl (C=O) groups excluding carboxylic acids is 5. The third kappa shape index (κ3) is 17.5. The first kappa shape index (κ1) is 55.0. The first-order valence-corrected chi connectivity index (χ1v) is 24.5. The summed E-state index contributed by atoms with van der Waals surface area (Å²) < 4.78 is 43.2. The van der Waals surface area contributed by atoms with E-state index in [-0.39, 0.29) is 61.5 Å². The Balaban J connectivity index is 1.55. The van der Waals surface area contributed by atoms with Gasteiger partial charge < -0.3 is 35.8 Å². The average molecular weight is 960 g/mol. The molecule has 4 amide bonds. The summed E-state index contributed by atoms with van der Waals surface area (Å²) in [5.74, 6) is -0.809. The second-order valence-corrected chi connectivity index (χ2v) is 20.0. The molecular weight excluding hydrogens is 891 g/mol. The summed E-state index contributed by atoms with van der Waals surface area (Å²) in [5, 5.41) is 22.9. The number of hydrogen-bond donors (Lipinski definition) is 5. The number of hydrogen-bond acceptors (Lipinski definition) is 12. The van der Waals surface area contributed by atoms with E-state index in [1.807, 2.05) is 62.9 Å². The number of nitrogens with zero attached hydrogens (tertiary/aromatic N) is 1. The number of benzene rings is 3. The molecule has 3 aromatic rings. The molecule has 16 nitrogen and oxygen atoms in total. The molecule has 3 aromatic carbocycles. The van der Waals surface area contributed by atoms with Crippen LogP contribution in [0.15, 0.2) is 77.7 Å². The van der Waals surface area contributed by atoms with Crippen LogP contribution < -0.4 is 26.0 Å². The van der Waals surface area contributed by atoms with Crippen LogP contribution in [-0.2, 0) is 55.9 Å². The van der Waals surface area contributed by atoms with E-state index in [1.54, 1.807) is 44.2 Å². The summed E-state index contributed by atoms with van der Waals surface area (Å²) in [5.41, 5.74) is -0.170. The van der Waals surface area contributed by atoms with E-state index in [1.165, 1.54) is 12.1 Å². The van der Waals surface area contributed by atoms with Gasteiger partial charge in [0.05, 0.1) is 25.8 Å². The molecular formula is C51H69N5O11S. The molecule has 0 spiro atoms. The molecule has 0 aliphatic carbocycles. The number of aryl methyl sites for hydroxylation is 3. The molecule has 0 saturated carbocycles. The molecule has 68 heavy (non-hydrogen) atoms. The van der Waals surface area contributed by atoms with Crippen LogP contribution in [0.1, 0.15) is 76.1 Å². The lowest BCUT2D eigenvalue weighted by atomic mass is 9.90. The van der Waals surface area contributed by atoms with Crippen LogP contribution in [0.3, 0.4) is 0 Å². The molecule has 1 fully saturated rings. The lowest BCUT2D eigenvalue weighted by Crippen LogP contribution is -2.60. The van der Waals surface area contributed by atoms with E-state index >= 15 is 0 Å². The van der Waals surface area contributed by atoms with E-state index in [4.69, 9.17) is 20.1 Å². The van der Waals surface area contributed by atoms with Gasteiger partial charge in [0, 0.05) is 19.5 Å². The number of carbonyl (C=O) groups is 5. The first-order chi connectivity index (χ1) is 32.2. The van der Waals surface area contributed by atoms with Gasteiger partial charge in [0.1, 0.15) is 47.6 Å². The predicted molar refractivity (Wildman–Crippen MR) is 258 cm³/mol. The van der Waals surface area contributed by atoms with Gasteiger partial charge in [-0.25, -0.2) is 0 Å². The summed E-state index contributed by atoms with van der Waals surface area (Å²) in [4.78, 5) is 72.2. The molecule has 370 valence electrons. The SMILES string of the molecule is C#CCOc1cc(C)c(S(=O)(=O)OCC(C)(O)C(=O)[C@H](CC(C)C)NC(=O)C(Cc2ccccc2)NC(=O)[C@H](CC(C)C)NC(=O)[C@H](CCc2ccccc2)NC(=O)CN2CCOCC2)c(C)c1. The Kier molecular flexibility index (Phi) is 21.2. The zero-order valence-corrected chi connectivity index (χ0v) is 41.2. The number of Topliss-reactive ketones (excluding diaryl/α,β-unsaturated/α-hetero) is 1. The van der Waals surface area contributed by atoms with Crippen molar-refractivity contribution < 1.29 is 51.2 Å². The van der Waals surface area contributed by atoms with Gasteiger partial charge in [-0.05, 0) is 92.7 Å². The molecule has 0 bridgehead atoms. The highest BCUT2D eigenvalue weighted by molar-refractivity contribution is 7.86. The normalized spacial score (nSPS) is 15.8. The monoisotopic (exact) mass is 959 g/mol. The highest BCUT2D eigenvalue weighted by Gasteiger charge is 2.40. The van der Waals surface area contributed by atoms with Crippen LogP contribution in [0.25, 0.3) is 0 Å². The quantitative estimate of drug-likeness (QED) is 0.0577. The zero-order chi connectivity index (χ0) is 50.0. The van der Waals surface area contributed by atoms with Crippen molar-refractivity contribution in [2.75, 3.05) is 46.1 Å². The van der Waals surface area contributed by atoms with Crippen molar-refractivity contribution in [1.82, 2.24) is 26.2 Å². The number of morpholine rings is 1. The highest BCUT2D eigenvalue weighted by atomic mass is 32.2. The Morgan fingerprint density at radius 3 is 1.87 bits per heavy atom. The number of terminal acetylenes is 1. The van der Waals surface area contributed by atoms with Gasteiger partial charge in [-0.2, -0.15) is 8.42 Å². The maximum Gasteiger partial charge on any atom is 0.297 e. The molecule has 17 heteroatoms. The van der Waals surface area contributed by atoms with Crippen LogP contribution in [0.5, 0.6) is 5.75 Å². The van der Waals surface area contributed by atoms with E-state index in [2.05, 4.69) is 27.2 Å². The van der Waals surface area contributed by atoms with Gasteiger partial charge >= 0.3 is 0 Å². The van der Waals surface area contributed by atoms with Gasteiger partial charge in [0.15, 0.2) is 5.78 Å². The number of ether oxygens (including phenoxy) is 2. The summed E-state index contributed by atoms with van der Waals surface area (Å²) in [6.45, 7) is 12.8. The second kappa shape index (κ2) is 26.2. The fourth-order valence-corrected chi connectivity index (χ4v) is 9.33. The number of aliphatic hydroxyl groups is 1. The van der Waals surface area contributed by atoms with Gasteiger partial charge in [-0.15, -0.1) is 6.42 Å². The standard InChI is InChI=1S/C51H69N5O11S/c1-9-24-66-40-29-36(6)46(37(7)30-40)68(63,64)67-33-51(8,62)47(58)42(27-34(2)3)53-50(61)44(31-39-18-14-11-15-19-39)55-49(60)43(28-35(4)5)54-48(59)41(21-20-38-16-12-10-13-17-38)52-45(57)32-56-22-25-65-26-23-56/h1,10-19,29-30,34-35,41-44,62H,20-28,31-33H2,2-8H3,(H,52,57)(H,53,61)(H,54,59)(H,55,60)/t41-,42-,43-,44?,51?/m0/s1. The van der Waals surface area contributed by atoms with Crippen LogP contribution in [0.2, 0.25) is 0 Å². The van der Waals surface area contributed by atoms with Crippen LogP contribution in [-0.4, -0.2) is 124 Å². The van der Waals surface area contributed by atoms with Crippen molar-refractivity contribution in [2.24, 2.45) is 11.8 Å². The van der Waals surface area contributed by atoms with Gasteiger partial charge in [-0.3, -0.25) is 33.1 Å². The Hall–Kier alpha value is -5.64. The van der Waals surface area contributed by atoms with Crippen molar-refractivity contribution >= 4 is 39.5 Å². The first-order valence-electron chi connectivity index (χ1n) is 23.1. The van der Waals surface area contributed by atoms with Crippen LogP contribution in [0.4, 0.5) is 0 Å². The molecule has 2 unspecified atom stereocenters. The molecule has 0 aromatic heterocycles. The van der Waals surface area contributed by atoms with Crippen LogP contribution in [0, 0.1) is 38.0 Å². The summed E-state index contributed by atoms with van der Waals surface area (Å²) in [6, 6.07) is 16.7. The topological polar surface area (TPSA) is 219 Å². The minimum absolute atomic E-state index is 0.0103. The van der Waals surface area contributed by atoms with E-state index in [9.17, 15) is 37.5 Å². The molecule has 4 rings (SSSR count). The maximum absolute atomic E-state index is 14.4. The zero-order valence-electron chi connectivity index (χ0n) is 40.3. The molecule has 5 atom stereocenters. The van der Waals surface area contributed by atoms with Gasteiger partial charge in [0.25, 0.3) is 10.1 Å². The van der Waals surface area contributed by atoms with Crippen molar-refractivity contribution in [2.45, 2.75) is 115 Å². The lowest BCUT2D eigenvalue weighted by Gasteiger charge is -2.30. The Morgan fingerprint density at radius 1 is 0.779 bits per heavy atom. The van der Waals surface area contributed by atoms with Crippen molar-refractivity contribution in [1.29, 1.82) is 0 Å². The summed E-state index contributed by atoms with van der Waals surface area (Å²) in [7, 11) is -4.52. The highest BCUT2D eigenvalue weighted by Crippen LogP contribution is 2.28. The fourth-order valence-electron chi connectivity index (χ4n) is 7.92. The number of rotatable bonds is 26. The maximum atomic E-state index is 14.4. The minimum Gasteiger partial charge on any atom is -0.481 e. The van der Waals surface area contributed by atoms with E-state index < -0.39 is 70.0 Å². The van der Waals surface area contributed by atoms with Gasteiger partial charge in [0.2, 0.25) is 23.6 Å².